The number of nitrogens with zero attached hydrogens (tertiary/aromatic N) is 5. The third-order valence-electron chi connectivity index (χ3n) is 6.73. The second kappa shape index (κ2) is 6.42. The molecule has 2 aliphatic carbocycles. The Morgan fingerprint density at radius 3 is 2.52 bits per heavy atom. The molecule has 1 amide bonds. The van der Waals surface area contributed by atoms with E-state index in [2.05, 4.69) is 15.3 Å². The van der Waals surface area contributed by atoms with E-state index in [1.54, 1.807) is 6.92 Å². The van der Waals surface area contributed by atoms with Gasteiger partial charge < -0.3 is 13.9 Å². The second-order valence-electron chi connectivity index (χ2n) is 8.45. The molecule has 2 aromatic heterocycles. The van der Waals surface area contributed by atoms with E-state index in [1.807, 2.05) is 4.90 Å². The summed E-state index contributed by atoms with van der Waals surface area (Å²) < 4.78 is 10.7. The zero-order valence-electron chi connectivity index (χ0n) is 15.7. The van der Waals surface area contributed by atoms with Gasteiger partial charge in [0.15, 0.2) is 11.6 Å². The third-order valence-corrected chi connectivity index (χ3v) is 6.73. The average molecular weight is 371 g/mol. The molecule has 1 saturated heterocycles. The van der Waals surface area contributed by atoms with Crippen LogP contribution >= 0.6 is 0 Å². The Labute approximate surface area is 157 Å². The quantitative estimate of drug-likeness (QED) is 0.814. The summed E-state index contributed by atoms with van der Waals surface area (Å²) in [6.07, 6.45) is 8.14. The summed E-state index contributed by atoms with van der Waals surface area (Å²) in [6.45, 7) is 3.14. The smallest absolute Gasteiger partial charge is 0.236 e. The van der Waals surface area contributed by atoms with Crippen molar-refractivity contribution in [1.29, 1.82) is 0 Å². The van der Waals surface area contributed by atoms with E-state index < -0.39 is 0 Å². The van der Waals surface area contributed by atoms with E-state index in [-0.39, 0.29) is 23.7 Å². The van der Waals surface area contributed by atoms with Crippen LogP contribution < -0.4 is 0 Å². The van der Waals surface area contributed by atoms with E-state index in [1.165, 1.54) is 32.1 Å². The van der Waals surface area contributed by atoms with E-state index in [4.69, 9.17) is 14.0 Å². The minimum atomic E-state index is 0.0326. The van der Waals surface area contributed by atoms with Crippen LogP contribution in [0.5, 0.6) is 0 Å². The van der Waals surface area contributed by atoms with Crippen molar-refractivity contribution in [2.24, 2.45) is 5.92 Å². The zero-order chi connectivity index (χ0) is 18.4. The summed E-state index contributed by atoms with van der Waals surface area (Å²) in [5.74, 6) is 3.77. The molecular weight excluding hydrogens is 346 g/mol. The molecule has 2 aromatic rings. The highest BCUT2D eigenvalue weighted by Gasteiger charge is 2.49. The first kappa shape index (κ1) is 16.9. The zero-order valence-corrected chi connectivity index (χ0v) is 15.7. The van der Waals surface area contributed by atoms with Gasteiger partial charge in [-0.15, -0.1) is 0 Å². The summed E-state index contributed by atoms with van der Waals surface area (Å²) in [6, 6.07) is 0. The Kier molecular flexibility index (Phi) is 4.02. The number of aromatic nitrogens is 4. The summed E-state index contributed by atoms with van der Waals surface area (Å²) in [7, 11) is 0. The first-order chi connectivity index (χ1) is 13.1. The normalized spacial score (nSPS) is 28.2. The number of hydrogen-bond donors (Lipinski definition) is 0. The van der Waals surface area contributed by atoms with Crippen molar-refractivity contribution >= 4 is 5.91 Å². The molecule has 2 saturated carbocycles. The van der Waals surface area contributed by atoms with Crippen LogP contribution in [0.3, 0.4) is 0 Å². The van der Waals surface area contributed by atoms with Gasteiger partial charge in [0.05, 0.1) is 0 Å². The molecule has 2 bridgehead atoms. The molecule has 3 fully saturated rings. The molecule has 3 heterocycles. The lowest BCUT2D eigenvalue weighted by Crippen LogP contribution is -2.38. The maximum absolute atomic E-state index is 12.4. The molecule has 0 unspecified atom stereocenters. The first-order valence-corrected chi connectivity index (χ1v) is 10.0. The van der Waals surface area contributed by atoms with Crippen molar-refractivity contribution in [3.05, 3.63) is 23.4 Å². The number of fused-ring (bicyclic) bond motifs is 2. The van der Waals surface area contributed by atoms with Gasteiger partial charge in [0.2, 0.25) is 17.7 Å². The number of hydrogen-bond acceptors (Lipinski definition) is 7. The Morgan fingerprint density at radius 2 is 1.89 bits per heavy atom. The minimum absolute atomic E-state index is 0.0326. The molecule has 0 aromatic carbocycles. The van der Waals surface area contributed by atoms with Gasteiger partial charge in [-0.1, -0.05) is 10.3 Å². The fourth-order valence-electron chi connectivity index (χ4n) is 5.15. The highest BCUT2D eigenvalue weighted by atomic mass is 16.5. The predicted molar refractivity (Wildman–Crippen MR) is 93.8 cm³/mol. The largest absolute Gasteiger partial charge is 0.342 e. The monoisotopic (exact) mass is 371 g/mol. The standard InChI is InChI=1S/C19H25N5O3/c1-12-20-15(26-22-12)10-16(25)24-8-4-14(5-9-24)17-21-18(23-27-17)19-6-2-13(11-19)3-7-19/h13-14H,2-11H2,1H3. The Morgan fingerprint density at radius 1 is 1.11 bits per heavy atom. The van der Waals surface area contributed by atoms with Crippen molar-refractivity contribution < 1.29 is 13.8 Å². The van der Waals surface area contributed by atoms with Crippen LogP contribution in [0.1, 0.15) is 74.3 Å². The number of amides is 1. The predicted octanol–water partition coefficient (Wildman–Crippen LogP) is 2.54. The van der Waals surface area contributed by atoms with Gasteiger partial charge in [-0.3, -0.25) is 4.79 Å². The summed E-state index contributed by atoms with van der Waals surface area (Å²) in [5.41, 5.74) is 0.186. The Hall–Kier alpha value is -2.25. The number of piperidine rings is 1. The lowest BCUT2D eigenvalue weighted by Gasteiger charge is -2.30. The topological polar surface area (TPSA) is 98.2 Å². The van der Waals surface area contributed by atoms with Gasteiger partial charge in [0.25, 0.3) is 0 Å². The van der Waals surface area contributed by atoms with Gasteiger partial charge in [-0.25, -0.2) is 0 Å². The first-order valence-electron chi connectivity index (χ1n) is 10.0. The molecule has 5 rings (SSSR count). The summed E-state index contributed by atoms with van der Waals surface area (Å²) in [5, 5.41) is 8.09. The van der Waals surface area contributed by atoms with E-state index >= 15 is 0 Å². The Balaban J connectivity index is 1.19. The summed E-state index contributed by atoms with van der Waals surface area (Å²) >= 11 is 0. The fraction of sp³-hybridized carbons (Fsp3) is 0.737. The third kappa shape index (κ3) is 3.04. The van der Waals surface area contributed by atoms with Crippen LogP contribution in [0.2, 0.25) is 0 Å². The van der Waals surface area contributed by atoms with Crippen molar-refractivity contribution in [2.75, 3.05) is 13.1 Å². The van der Waals surface area contributed by atoms with Crippen LogP contribution in [-0.4, -0.2) is 44.2 Å². The average Bonchev–Trinajstić information content (AvgIpc) is 3.46. The number of likely N-dealkylation sites (tertiary alicyclic amines) is 1. The molecule has 0 atom stereocenters. The van der Waals surface area contributed by atoms with Crippen LogP contribution in [0.15, 0.2) is 9.05 Å². The van der Waals surface area contributed by atoms with Gasteiger partial charge in [0.1, 0.15) is 6.42 Å². The number of rotatable bonds is 4. The molecule has 144 valence electrons. The fourth-order valence-corrected chi connectivity index (χ4v) is 5.15. The van der Waals surface area contributed by atoms with Crippen LogP contribution in [0.25, 0.3) is 0 Å². The van der Waals surface area contributed by atoms with Gasteiger partial charge in [0, 0.05) is 24.4 Å². The molecule has 3 aliphatic rings. The van der Waals surface area contributed by atoms with E-state index in [9.17, 15) is 4.79 Å². The maximum atomic E-state index is 12.4. The molecule has 8 heteroatoms. The number of carbonyl (C=O) groups excluding carboxylic acids is 1. The minimum Gasteiger partial charge on any atom is -0.342 e. The highest BCUT2D eigenvalue weighted by molar-refractivity contribution is 5.77. The lowest BCUT2D eigenvalue weighted by atomic mass is 9.83. The van der Waals surface area contributed by atoms with Crippen molar-refractivity contribution in [1.82, 2.24) is 25.2 Å². The van der Waals surface area contributed by atoms with E-state index in [0.29, 0.717) is 24.8 Å². The van der Waals surface area contributed by atoms with Crippen molar-refractivity contribution in [3.63, 3.8) is 0 Å². The molecule has 0 N–H and O–H groups in total. The molecule has 1 aliphatic heterocycles. The Bertz CT molecular complexity index is 828. The second-order valence-corrected chi connectivity index (χ2v) is 8.45. The molecule has 0 spiro atoms. The number of carbonyl (C=O) groups is 1. The molecule has 27 heavy (non-hydrogen) atoms. The highest BCUT2D eigenvalue weighted by Crippen LogP contribution is 2.54. The van der Waals surface area contributed by atoms with Gasteiger partial charge in [-0.2, -0.15) is 9.97 Å². The van der Waals surface area contributed by atoms with Crippen molar-refractivity contribution in [2.45, 2.75) is 69.6 Å². The number of aryl methyl sites for hydroxylation is 1. The SMILES string of the molecule is Cc1noc(CC(=O)N2CCC(c3nc(C45CCC(CC4)C5)no3)CC2)n1. The molecular formula is C19H25N5O3. The summed E-state index contributed by atoms with van der Waals surface area (Å²) in [4.78, 5) is 23.2. The van der Waals surface area contributed by atoms with Crippen LogP contribution in [0.4, 0.5) is 0 Å². The van der Waals surface area contributed by atoms with Crippen LogP contribution in [0, 0.1) is 12.8 Å². The van der Waals surface area contributed by atoms with Crippen LogP contribution in [-0.2, 0) is 16.6 Å². The van der Waals surface area contributed by atoms with Gasteiger partial charge in [-0.05, 0) is 57.8 Å². The van der Waals surface area contributed by atoms with Gasteiger partial charge >= 0.3 is 0 Å². The molecule has 8 nitrogen and oxygen atoms in total. The maximum Gasteiger partial charge on any atom is 0.236 e. The molecule has 0 radical (unpaired) electrons. The van der Waals surface area contributed by atoms with E-state index in [0.717, 1.165) is 30.5 Å². The van der Waals surface area contributed by atoms with Crippen molar-refractivity contribution in [3.8, 4) is 0 Å². The lowest BCUT2D eigenvalue weighted by molar-refractivity contribution is -0.132.